The molecule has 0 unspecified atom stereocenters. The van der Waals surface area contributed by atoms with Crippen molar-refractivity contribution in [3.05, 3.63) is 47.3 Å². The highest BCUT2D eigenvalue weighted by Gasteiger charge is 2.41. The molecule has 1 aromatic heterocycles. The Morgan fingerprint density at radius 3 is 2.35 bits per heavy atom. The highest BCUT2D eigenvalue weighted by molar-refractivity contribution is 5.95. The van der Waals surface area contributed by atoms with Crippen LogP contribution in [0.25, 0.3) is 5.69 Å². The van der Waals surface area contributed by atoms with Crippen LogP contribution in [-0.4, -0.2) is 46.3 Å². The summed E-state index contributed by atoms with van der Waals surface area (Å²) in [4.78, 5) is 15.2. The van der Waals surface area contributed by atoms with Crippen LogP contribution in [0.2, 0.25) is 0 Å². The predicted molar refractivity (Wildman–Crippen MR) is 112 cm³/mol. The number of carbonyl (C=O) groups excluding carboxylic acids is 1. The third kappa shape index (κ3) is 5.11. The Morgan fingerprint density at radius 1 is 1.10 bits per heavy atom. The SMILES string of the molecule is Cc1ccc(-n2ncc(C(=O)NC3CCN(CC4CCCC4)CC3)c2C(F)(F)F)cc1. The first-order valence-corrected chi connectivity index (χ1v) is 11.1. The Morgan fingerprint density at radius 2 is 1.74 bits per heavy atom. The number of piperidine rings is 1. The van der Waals surface area contributed by atoms with E-state index < -0.39 is 23.3 Å². The summed E-state index contributed by atoms with van der Waals surface area (Å²) in [6, 6.07) is 6.46. The second-order valence-electron chi connectivity index (χ2n) is 8.85. The van der Waals surface area contributed by atoms with Gasteiger partial charge in [-0.2, -0.15) is 18.3 Å². The zero-order valence-electron chi connectivity index (χ0n) is 17.8. The van der Waals surface area contributed by atoms with E-state index in [4.69, 9.17) is 0 Å². The van der Waals surface area contributed by atoms with E-state index in [0.717, 1.165) is 54.8 Å². The molecule has 4 rings (SSSR count). The number of rotatable bonds is 5. The third-order valence-electron chi connectivity index (χ3n) is 6.47. The number of hydrogen-bond acceptors (Lipinski definition) is 3. The van der Waals surface area contributed by atoms with Crippen LogP contribution in [0.4, 0.5) is 13.2 Å². The predicted octanol–water partition coefficient (Wildman–Crippen LogP) is 4.58. The number of halogens is 3. The monoisotopic (exact) mass is 434 g/mol. The van der Waals surface area contributed by atoms with Crippen molar-refractivity contribution in [1.82, 2.24) is 20.0 Å². The van der Waals surface area contributed by atoms with Crippen LogP contribution in [0.15, 0.2) is 30.5 Å². The van der Waals surface area contributed by atoms with Gasteiger partial charge in [0.2, 0.25) is 0 Å². The largest absolute Gasteiger partial charge is 0.434 e. The maximum Gasteiger partial charge on any atom is 0.434 e. The molecule has 2 aromatic rings. The van der Waals surface area contributed by atoms with Crippen molar-refractivity contribution in [3.63, 3.8) is 0 Å². The molecule has 8 heteroatoms. The summed E-state index contributed by atoms with van der Waals surface area (Å²) >= 11 is 0. The van der Waals surface area contributed by atoms with Crippen molar-refractivity contribution in [2.45, 2.75) is 57.7 Å². The van der Waals surface area contributed by atoms with E-state index in [9.17, 15) is 18.0 Å². The molecule has 1 N–H and O–H groups in total. The van der Waals surface area contributed by atoms with Crippen molar-refractivity contribution < 1.29 is 18.0 Å². The van der Waals surface area contributed by atoms with Gasteiger partial charge in [0.05, 0.1) is 17.4 Å². The standard InChI is InChI=1S/C23H29F3N4O/c1-16-6-8-19(9-7-16)30-21(23(24,25)26)20(14-27-30)22(31)28-18-10-12-29(13-11-18)15-17-4-2-3-5-17/h6-9,14,17-18H,2-5,10-13,15H2,1H3,(H,28,31). The summed E-state index contributed by atoms with van der Waals surface area (Å²) in [6.07, 6.45) is 3.05. The normalized spacial score (nSPS) is 19.1. The highest BCUT2D eigenvalue weighted by Crippen LogP contribution is 2.34. The van der Waals surface area contributed by atoms with Crippen molar-refractivity contribution in [2.24, 2.45) is 5.92 Å². The zero-order valence-corrected chi connectivity index (χ0v) is 17.8. The number of carbonyl (C=O) groups is 1. The van der Waals surface area contributed by atoms with Gasteiger partial charge in [0.25, 0.3) is 5.91 Å². The topological polar surface area (TPSA) is 50.2 Å². The molecule has 0 atom stereocenters. The second-order valence-corrected chi connectivity index (χ2v) is 8.85. The van der Waals surface area contributed by atoms with Crippen molar-refractivity contribution in [3.8, 4) is 5.69 Å². The molecule has 1 saturated heterocycles. The van der Waals surface area contributed by atoms with Crippen LogP contribution < -0.4 is 5.32 Å². The van der Waals surface area contributed by atoms with E-state index in [1.807, 2.05) is 6.92 Å². The van der Waals surface area contributed by atoms with E-state index in [0.29, 0.717) is 0 Å². The minimum atomic E-state index is -4.70. The van der Waals surface area contributed by atoms with Gasteiger partial charge in [-0.15, -0.1) is 0 Å². The Bertz CT molecular complexity index is 893. The number of likely N-dealkylation sites (tertiary alicyclic amines) is 1. The van der Waals surface area contributed by atoms with E-state index in [1.165, 1.54) is 25.7 Å². The molecular formula is C23H29F3N4O. The Hall–Kier alpha value is -2.35. The van der Waals surface area contributed by atoms with Crippen molar-refractivity contribution in [1.29, 1.82) is 0 Å². The molecule has 31 heavy (non-hydrogen) atoms. The fourth-order valence-electron chi connectivity index (χ4n) is 4.75. The Kier molecular flexibility index (Phi) is 6.36. The number of aryl methyl sites for hydroxylation is 1. The lowest BCUT2D eigenvalue weighted by atomic mass is 10.0. The molecule has 5 nitrogen and oxygen atoms in total. The van der Waals surface area contributed by atoms with Crippen LogP contribution in [0, 0.1) is 12.8 Å². The molecule has 0 radical (unpaired) electrons. The van der Waals surface area contributed by atoms with Crippen LogP contribution in [0.3, 0.4) is 0 Å². The highest BCUT2D eigenvalue weighted by atomic mass is 19.4. The Balaban J connectivity index is 1.43. The van der Waals surface area contributed by atoms with Gasteiger partial charge in [-0.1, -0.05) is 30.5 Å². The number of alkyl halides is 3. The van der Waals surface area contributed by atoms with Crippen LogP contribution >= 0.6 is 0 Å². The van der Waals surface area contributed by atoms with Gasteiger partial charge in [0.15, 0.2) is 5.69 Å². The average Bonchev–Trinajstić information content (AvgIpc) is 3.40. The van der Waals surface area contributed by atoms with Gasteiger partial charge in [-0.25, -0.2) is 4.68 Å². The maximum atomic E-state index is 13.8. The molecule has 0 spiro atoms. The lowest BCUT2D eigenvalue weighted by Crippen LogP contribution is -2.45. The molecule has 2 fully saturated rings. The van der Waals surface area contributed by atoms with Crippen molar-refractivity contribution in [2.75, 3.05) is 19.6 Å². The summed E-state index contributed by atoms with van der Waals surface area (Å²) in [5.74, 6) is 0.0630. The quantitative estimate of drug-likeness (QED) is 0.749. The zero-order chi connectivity index (χ0) is 22.0. The number of nitrogens with one attached hydrogen (secondary N) is 1. The summed E-state index contributed by atoms with van der Waals surface area (Å²) in [5.41, 5.74) is -0.257. The molecule has 1 aliphatic heterocycles. The molecular weight excluding hydrogens is 405 g/mol. The molecule has 168 valence electrons. The first-order chi connectivity index (χ1) is 14.8. The first-order valence-electron chi connectivity index (χ1n) is 11.1. The summed E-state index contributed by atoms with van der Waals surface area (Å²) in [5, 5.41) is 6.71. The smallest absolute Gasteiger partial charge is 0.349 e. The van der Waals surface area contributed by atoms with Crippen LogP contribution in [0.5, 0.6) is 0 Å². The van der Waals surface area contributed by atoms with Gasteiger partial charge in [-0.05, 0) is 50.7 Å². The minimum absolute atomic E-state index is 0.115. The molecule has 1 aromatic carbocycles. The van der Waals surface area contributed by atoms with Gasteiger partial charge < -0.3 is 10.2 Å². The summed E-state index contributed by atoms with van der Waals surface area (Å²) < 4.78 is 42.3. The lowest BCUT2D eigenvalue weighted by Gasteiger charge is -2.33. The first kappa shape index (κ1) is 21.9. The van der Waals surface area contributed by atoms with E-state index >= 15 is 0 Å². The van der Waals surface area contributed by atoms with Gasteiger partial charge in [0.1, 0.15) is 0 Å². The van der Waals surface area contributed by atoms with Gasteiger partial charge in [0, 0.05) is 25.7 Å². The molecule has 2 heterocycles. The molecule has 1 aliphatic carbocycles. The number of amides is 1. The minimum Gasteiger partial charge on any atom is -0.349 e. The van der Waals surface area contributed by atoms with Crippen LogP contribution in [-0.2, 0) is 6.18 Å². The molecule has 0 bridgehead atoms. The van der Waals surface area contributed by atoms with E-state index in [-0.39, 0.29) is 11.7 Å². The second kappa shape index (κ2) is 9.02. The van der Waals surface area contributed by atoms with Gasteiger partial charge >= 0.3 is 6.18 Å². The lowest BCUT2D eigenvalue weighted by molar-refractivity contribution is -0.143. The molecule has 2 aliphatic rings. The van der Waals surface area contributed by atoms with Crippen molar-refractivity contribution >= 4 is 5.91 Å². The fourth-order valence-corrected chi connectivity index (χ4v) is 4.75. The molecule has 1 amide bonds. The number of hydrogen-bond donors (Lipinski definition) is 1. The van der Waals surface area contributed by atoms with E-state index in [1.54, 1.807) is 24.3 Å². The number of nitrogens with zero attached hydrogens (tertiary/aromatic N) is 3. The fraction of sp³-hybridized carbons (Fsp3) is 0.565. The van der Waals surface area contributed by atoms with Crippen LogP contribution in [0.1, 0.15) is 60.1 Å². The number of benzene rings is 1. The van der Waals surface area contributed by atoms with E-state index in [2.05, 4.69) is 15.3 Å². The molecule has 1 saturated carbocycles. The summed E-state index contributed by atoms with van der Waals surface area (Å²) in [6.45, 7) is 4.70. The number of aromatic nitrogens is 2. The average molecular weight is 435 g/mol. The third-order valence-corrected chi connectivity index (χ3v) is 6.47. The maximum absolute atomic E-state index is 13.8. The Labute approximate surface area is 180 Å². The van der Waals surface area contributed by atoms with Gasteiger partial charge in [-0.3, -0.25) is 4.79 Å². The summed E-state index contributed by atoms with van der Waals surface area (Å²) in [7, 11) is 0.